The molecule has 0 bridgehead atoms. The summed E-state index contributed by atoms with van der Waals surface area (Å²) in [4.78, 5) is 0. The van der Waals surface area contributed by atoms with Gasteiger partial charge < -0.3 is 9.88 Å². The number of aromatic nitrogens is 3. The van der Waals surface area contributed by atoms with Crippen molar-refractivity contribution in [1.29, 1.82) is 0 Å². The van der Waals surface area contributed by atoms with Crippen LogP contribution >= 0.6 is 0 Å². The lowest BCUT2D eigenvalue weighted by molar-refractivity contribution is 0.511. The minimum absolute atomic E-state index is 0.517. The van der Waals surface area contributed by atoms with Crippen LogP contribution in [0.25, 0.3) is 0 Å². The molecule has 2 rings (SSSR count). The van der Waals surface area contributed by atoms with Gasteiger partial charge in [-0.3, -0.25) is 0 Å². The number of benzene rings is 1. The molecule has 1 N–H and O–H groups in total. The van der Waals surface area contributed by atoms with Crippen LogP contribution in [0, 0.1) is 6.92 Å². The smallest absolute Gasteiger partial charge is 0.133 e. The van der Waals surface area contributed by atoms with Crippen molar-refractivity contribution in [3.8, 4) is 0 Å². The van der Waals surface area contributed by atoms with E-state index in [1.807, 2.05) is 11.6 Å². The molecule has 1 unspecified atom stereocenters. The van der Waals surface area contributed by atoms with E-state index in [0.29, 0.717) is 6.04 Å². The SMILES string of the molecule is Cc1cccc(CCC(C)NCCc2nncn2C)c1. The third kappa shape index (κ3) is 4.46. The van der Waals surface area contributed by atoms with Crippen LogP contribution in [0.1, 0.15) is 30.3 Å². The molecule has 4 heteroatoms. The molecular weight excluding hydrogens is 248 g/mol. The lowest BCUT2D eigenvalue weighted by Crippen LogP contribution is -2.29. The Balaban J connectivity index is 1.68. The highest BCUT2D eigenvalue weighted by molar-refractivity contribution is 5.22. The van der Waals surface area contributed by atoms with Crippen LogP contribution in [0.3, 0.4) is 0 Å². The molecule has 1 atom stereocenters. The van der Waals surface area contributed by atoms with Crippen LogP contribution in [0.4, 0.5) is 0 Å². The molecule has 0 radical (unpaired) electrons. The molecular formula is C16H24N4. The molecule has 0 aliphatic carbocycles. The van der Waals surface area contributed by atoms with Gasteiger partial charge in [0, 0.05) is 26.1 Å². The molecule has 0 saturated heterocycles. The summed E-state index contributed by atoms with van der Waals surface area (Å²) in [5.74, 6) is 1.03. The Morgan fingerprint density at radius 1 is 1.30 bits per heavy atom. The maximum Gasteiger partial charge on any atom is 0.133 e. The van der Waals surface area contributed by atoms with Crippen molar-refractivity contribution in [2.75, 3.05) is 6.54 Å². The third-order valence-electron chi connectivity index (χ3n) is 3.60. The molecule has 20 heavy (non-hydrogen) atoms. The molecule has 1 aromatic carbocycles. The Labute approximate surface area is 121 Å². The summed E-state index contributed by atoms with van der Waals surface area (Å²) < 4.78 is 1.97. The van der Waals surface area contributed by atoms with Crippen LogP contribution < -0.4 is 5.32 Å². The van der Waals surface area contributed by atoms with Crippen molar-refractivity contribution in [1.82, 2.24) is 20.1 Å². The van der Waals surface area contributed by atoms with E-state index < -0.39 is 0 Å². The number of aryl methyl sites for hydroxylation is 3. The van der Waals surface area contributed by atoms with Crippen molar-refractivity contribution in [3.63, 3.8) is 0 Å². The highest BCUT2D eigenvalue weighted by atomic mass is 15.2. The fourth-order valence-corrected chi connectivity index (χ4v) is 2.32. The number of hydrogen-bond donors (Lipinski definition) is 1. The lowest BCUT2D eigenvalue weighted by atomic mass is 10.0. The van der Waals surface area contributed by atoms with E-state index in [2.05, 4.69) is 53.6 Å². The topological polar surface area (TPSA) is 42.7 Å². The van der Waals surface area contributed by atoms with Crippen LogP contribution in [-0.2, 0) is 19.9 Å². The van der Waals surface area contributed by atoms with Gasteiger partial charge in [-0.1, -0.05) is 29.8 Å². The number of nitrogens with one attached hydrogen (secondary N) is 1. The molecule has 4 nitrogen and oxygen atoms in total. The number of hydrogen-bond acceptors (Lipinski definition) is 3. The van der Waals surface area contributed by atoms with Crippen molar-refractivity contribution in [3.05, 3.63) is 47.5 Å². The summed E-state index contributed by atoms with van der Waals surface area (Å²) in [5, 5.41) is 11.5. The van der Waals surface area contributed by atoms with Gasteiger partial charge in [-0.2, -0.15) is 0 Å². The summed E-state index contributed by atoms with van der Waals surface area (Å²) in [6.07, 6.45) is 4.95. The number of rotatable bonds is 7. The van der Waals surface area contributed by atoms with Crippen LogP contribution in [-0.4, -0.2) is 27.4 Å². The molecule has 1 aromatic heterocycles. The van der Waals surface area contributed by atoms with E-state index in [9.17, 15) is 0 Å². The van der Waals surface area contributed by atoms with Gasteiger partial charge in [-0.25, -0.2) is 0 Å². The Morgan fingerprint density at radius 3 is 2.85 bits per heavy atom. The molecule has 0 aliphatic heterocycles. The zero-order valence-corrected chi connectivity index (χ0v) is 12.6. The molecule has 0 saturated carbocycles. The van der Waals surface area contributed by atoms with Gasteiger partial charge in [0.15, 0.2) is 0 Å². The van der Waals surface area contributed by atoms with Crippen molar-refractivity contribution in [2.24, 2.45) is 7.05 Å². The van der Waals surface area contributed by atoms with E-state index in [4.69, 9.17) is 0 Å². The van der Waals surface area contributed by atoms with Gasteiger partial charge >= 0.3 is 0 Å². The highest BCUT2D eigenvalue weighted by Crippen LogP contribution is 2.08. The first kappa shape index (κ1) is 14.7. The number of nitrogens with zero attached hydrogens (tertiary/aromatic N) is 3. The second kappa shape index (κ2) is 7.20. The maximum absolute atomic E-state index is 4.09. The van der Waals surface area contributed by atoms with Gasteiger partial charge in [0.05, 0.1) is 0 Å². The first-order chi connectivity index (χ1) is 9.65. The van der Waals surface area contributed by atoms with Gasteiger partial charge in [-0.05, 0) is 32.3 Å². The van der Waals surface area contributed by atoms with Gasteiger partial charge in [0.1, 0.15) is 12.2 Å². The summed E-state index contributed by atoms with van der Waals surface area (Å²) in [5.41, 5.74) is 2.76. The highest BCUT2D eigenvalue weighted by Gasteiger charge is 2.04. The van der Waals surface area contributed by atoms with E-state index in [0.717, 1.165) is 31.6 Å². The Morgan fingerprint density at radius 2 is 2.15 bits per heavy atom. The van der Waals surface area contributed by atoms with E-state index in [-0.39, 0.29) is 0 Å². The average molecular weight is 272 g/mol. The first-order valence-electron chi connectivity index (χ1n) is 7.27. The summed E-state index contributed by atoms with van der Waals surface area (Å²) in [7, 11) is 1.98. The maximum atomic E-state index is 4.09. The fraction of sp³-hybridized carbons (Fsp3) is 0.500. The molecule has 0 fully saturated rings. The van der Waals surface area contributed by atoms with Gasteiger partial charge in [0.25, 0.3) is 0 Å². The Kier molecular flexibility index (Phi) is 5.30. The predicted molar refractivity (Wildman–Crippen MR) is 81.7 cm³/mol. The molecule has 0 spiro atoms. The second-order valence-electron chi connectivity index (χ2n) is 5.49. The van der Waals surface area contributed by atoms with Crippen LogP contribution in [0.15, 0.2) is 30.6 Å². The third-order valence-corrected chi connectivity index (χ3v) is 3.60. The van der Waals surface area contributed by atoms with Crippen LogP contribution in [0.5, 0.6) is 0 Å². The molecule has 0 aliphatic rings. The summed E-state index contributed by atoms with van der Waals surface area (Å²) >= 11 is 0. The predicted octanol–water partition coefficient (Wildman–Crippen LogP) is 2.28. The second-order valence-corrected chi connectivity index (χ2v) is 5.49. The average Bonchev–Trinajstić information content (AvgIpc) is 2.82. The fourth-order valence-electron chi connectivity index (χ4n) is 2.32. The largest absolute Gasteiger partial charge is 0.321 e. The Hall–Kier alpha value is -1.68. The van der Waals surface area contributed by atoms with Crippen molar-refractivity contribution >= 4 is 0 Å². The molecule has 1 heterocycles. The minimum Gasteiger partial charge on any atom is -0.321 e. The first-order valence-corrected chi connectivity index (χ1v) is 7.27. The minimum atomic E-state index is 0.517. The standard InChI is InChI=1S/C16H24N4/c1-13-5-4-6-15(11-13)8-7-14(2)17-10-9-16-19-18-12-20(16)3/h4-6,11-12,14,17H,7-10H2,1-3H3. The van der Waals surface area contributed by atoms with Gasteiger partial charge in [-0.15, -0.1) is 10.2 Å². The van der Waals surface area contributed by atoms with Gasteiger partial charge in [0.2, 0.25) is 0 Å². The monoisotopic (exact) mass is 272 g/mol. The molecule has 0 amide bonds. The van der Waals surface area contributed by atoms with Crippen LogP contribution in [0.2, 0.25) is 0 Å². The molecule has 2 aromatic rings. The molecule has 108 valence electrons. The quantitative estimate of drug-likeness (QED) is 0.841. The van der Waals surface area contributed by atoms with Crippen molar-refractivity contribution in [2.45, 2.75) is 39.2 Å². The van der Waals surface area contributed by atoms with E-state index >= 15 is 0 Å². The lowest BCUT2D eigenvalue weighted by Gasteiger charge is -2.13. The zero-order valence-electron chi connectivity index (χ0n) is 12.6. The summed E-state index contributed by atoms with van der Waals surface area (Å²) in [6, 6.07) is 9.28. The zero-order chi connectivity index (χ0) is 14.4. The van der Waals surface area contributed by atoms with Crippen molar-refractivity contribution < 1.29 is 0 Å². The summed E-state index contributed by atoms with van der Waals surface area (Å²) in [6.45, 7) is 5.33. The van der Waals surface area contributed by atoms with E-state index in [1.54, 1.807) is 6.33 Å². The van der Waals surface area contributed by atoms with E-state index in [1.165, 1.54) is 11.1 Å². The Bertz CT molecular complexity index is 533. The normalized spacial score (nSPS) is 12.6.